The van der Waals surface area contributed by atoms with Crippen LogP contribution in [0, 0.1) is 0 Å². The van der Waals surface area contributed by atoms with E-state index in [1.165, 1.54) is 6.07 Å². The van der Waals surface area contributed by atoms with Gasteiger partial charge in [0.15, 0.2) is 0 Å². The van der Waals surface area contributed by atoms with Crippen molar-refractivity contribution in [1.29, 1.82) is 0 Å². The lowest BCUT2D eigenvalue weighted by Crippen LogP contribution is -2.10. The third-order valence-electron chi connectivity index (χ3n) is 10.2. The van der Waals surface area contributed by atoms with E-state index < -0.39 is 11.9 Å². The molecule has 8 heteroatoms. The number of carbonyl (C=O) groups is 2. The Morgan fingerprint density at radius 3 is 1.05 bits per heavy atom. The van der Waals surface area contributed by atoms with Gasteiger partial charge in [0.25, 0.3) is 0 Å². The van der Waals surface area contributed by atoms with E-state index in [2.05, 4.69) is 70.7 Å². The van der Waals surface area contributed by atoms with Gasteiger partial charge < -0.3 is 19.4 Å². The second-order valence-electron chi connectivity index (χ2n) is 13.8. The Hall–Kier alpha value is -7.58. The number of esters is 2. The van der Waals surface area contributed by atoms with Crippen LogP contribution in [0.3, 0.4) is 0 Å². The first-order chi connectivity index (χ1) is 28.5. The molecule has 4 aromatic carbocycles. The van der Waals surface area contributed by atoms with Gasteiger partial charge in [-0.2, -0.15) is 0 Å². The number of aromatic amines is 2. The van der Waals surface area contributed by atoms with Crippen LogP contribution in [0.15, 0.2) is 133 Å². The van der Waals surface area contributed by atoms with Gasteiger partial charge in [-0.1, -0.05) is 91.0 Å². The van der Waals surface area contributed by atoms with Crippen molar-refractivity contribution in [1.82, 2.24) is 19.9 Å². The van der Waals surface area contributed by atoms with Crippen molar-refractivity contribution in [3.8, 4) is 44.5 Å². The fourth-order valence-electron chi connectivity index (χ4n) is 7.67. The van der Waals surface area contributed by atoms with E-state index in [4.69, 9.17) is 19.4 Å². The average Bonchev–Trinajstić information content (AvgIpc) is 4.10. The van der Waals surface area contributed by atoms with Gasteiger partial charge in [0.05, 0.1) is 47.1 Å². The number of hydrogen-bond donors (Lipinski definition) is 2. The highest BCUT2D eigenvalue weighted by atomic mass is 16.5. The second-order valence-corrected chi connectivity index (χ2v) is 13.8. The maximum atomic E-state index is 13.3. The van der Waals surface area contributed by atoms with Crippen molar-refractivity contribution in [3.05, 3.63) is 167 Å². The fraction of sp³-hybridized carbons (Fsp3) is 0.0800. The monoisotopic (exact) mass is 758 g/mol. The van der Waals surface area contributed by atoms with Crippen LogP contribution in [0.1, 0.15) is 57.3 Å². The Balaban J connectivity index is 1.45. The highest BCUT2D eigenvalue weighted by Crippen LogP contribution is 2.38. The van der Waals surface area contributed by atoms with Gasteiger partial charge in [-0.3, -0.25) is 0 Å². The van der Waals surface area contributed by atoms with E-state index >= 15 is 0 Å². The van der Waals surface area contributed by atoms with Gasteiger partial charge in [0.2, 0.25) is 0 Å². The molecular weight excluding hydrogens is 721 g/mol. The number of benzene rings is 4. The van der Waals surface area contributed by atoms with Gasteiger partial charge in [-0.05, 0) is 103 Å². The number of ether oxygens (including phenoxy) is 2. The summed E-state index contributed by atoms with van der Waals surface area (Å²) in [7, 11) is 0. The molecule has 2 aliphatic heterocycles. The molecule has 0 radical (unpaired) electrons. The summed E-state index contributed by atoms with van der Waals surface area (Å²) in [6, 6.07) is 43.9. The highest BCUT2D eigenvalue weighted by Gasteiger charge is 2.21. The van der Waals surface area contributed by atoms with Crippen LogP contribution in [0.2, 0.25) is 0 Å². The van der Waals surface area contributed by atoms with E-state index in [1.54, 1.807) is 26.0 Å². The predicted octanol–water partition coefficient (Wildman–Crippen LogP) is 11.7. The minimum atomic E-state index is -0.543. The van der Waals surface area contributed by atoms with Crippen LogP contribution in [0.25, 0.3) is 90.9 Å². The van der Waals surface area contributed by atoms with Crippen LogP contribution < -0.4 is 0 Å². The van der Waals surface area contributed by atoms with Crippen molar-refractivity contribution in [3.63, 3.8) is 0 Å². The minimum absolute atomic E-state index is 0.181. The Labute approximate surface area is 335 Å². The molecule has 2 N–H and O–H groups in total. The molecule has 5 heterocycles. The fourth-order valence-corrected chi connectivity index (χ4v) is 7.67. The summed E-state index contributed by atoms with van der Waals surface area (Å²) in [6.07, 6.45) is 8.12. The molecule has 8 bridgehead atoms. The third-order valence-corrected chi connectivity index (χ3v) is 10.2. The van der Waals surface area contributed by atoms with Gasteiger partial charge in [0, 0.05) is 44.3 Å². The molecule has 7 aromatic rings. The number of H-pyrrole nitrogens is 2. The standard InChI is InChI=1S/C50H38N4O4/c1-3-57-49(55)35-28-34(29-36(30-35)50(56)58-4-2)48-43-26-24-41(53-43)46(32-16-10-6-11-17-32)39-22-20-37(51-39)45(31-14-8-5-9-15-31)38-21-23-40(52-38)47(33-18-12-7-13-19-33)42-25-27-44(48)54-42/h5-30,51,54H,3-4H2,1-2H3. The maximum Gasteiger partial charge on any atom is 0.338 e. The zero-order chi connectivity index (χ0) is 39.6. The molecule has 9 rings (SSSR count). The average molecular weight is 759 g/mol. The Morgan fingerprint density at radius 2 is 0.741 bits per heavy atom. The zero-order valence-electron chi connectivity index (χ0n) is 32.0. The molecule has 282 valence electrons. The number of rotatable bonds is 8. The van der Waals surface area contributed by atoms with Gasteiger partial charge >= 0.3 is 11.9 Å². The summed E-state index contributed by atoms with van der Waals surface area (Å²) < 4.78 is 10.9. The lowest BCUT2D eigenvalue weighted by Gasteiger charge is -2.11. The first-order valence-electron chi connectivity index (χ1n) is 19.3. The Morgan fingerprint density at radius 1 is 0.431 bits per heavy atom. The predicted molar refractivity (Wildman–Crippen MR) is 233 cm³/mol. The number of fused-ring (bicyclic) bond motifs is 8. The minimum Gasteiger partial charge on any atom is -0.462 e. The van der Waals surface area contributed by atoms with Crippen molar-refractivity contribution in [2.75, 3.05) is 13.2 Å². The molecule has 0 spiro atoms. The molecular formula is C50H38N4O4. The molecule has 0 unspecified atom stereocenters. The number of carbonyl (C=O) groups excluding carboxylic acids is 2. The molecule has 3 aromatic heterocycles. The molecule has 58 heavy (non-hydrogen) atoms. The van der Waals surface area contributed by atoms with Crippen LogP contribution in [0.5, 0.6) is 0 Å². The van der Waals surface area contributed by atoms with E-state index in [1.807, 2.05) is 78.9 Å². The molecule has 0 amide bonds. The van der Waals surface area contributed by atoms with Crippen LogP contribution in [0.4, 0.5) is 0 Å². The lowest BCUT2D eigenvalue weighted by molar-refractivity contribution is 0.0525. The van der Waals surface area contributed by atoms with Crippen LogP contribution in [-0.2, 0) is 9.47 Å². The molecule has 0 saturated heterocycles. The first kappa shape index (κ1) is 36.1. The summed E-state index contributed by atoms with van der Waals surface area (Å²) in [5, 5.41) is 0. The van der Waals surface area contributed by atoms with Crippen molar-refractivity contribution in [2.45, 2.75) is 13.8 Å². The van der Waals surface area contributed by atoms with Crippen LogP contribution in [-0.4, -0.2) is 45.1 Å². The van der Waals surface area contributed by atoms with Gasteiger partial charge in [-0.25, -0.2) is 19.6 Å². The third kappa shape index (κ3) is 6.81. The van der Waals surface area contributed by atoms with Crippen molar-refractivity contribution in [2.24, 2.45) is 0 Å². The maximum absolute atomic E-state index is 13.3. The summed E-state index contributed by atoms with van der Waals surface area (Å²) in [5.41, 5.74) is 13.9. The normalized spacial score (nSPS) is 11.8. The van der Waals surface area contributed by atoms with E-state index in [-0.39, 0.29) is 24.3 Å². The van der Waals surface area contributed by atoms with E-state index in [0.717, 1.165) is 72.5 Å². The SMILES string of the molecule is CCOC(=O)c1cc(C(=O)OCC)cc(-c2c3nc(c(-c4ccccc4)c4ccc([nH]4)c(-c4ccccc4)c4nc(c(-c5ccccc5)c5ccc2[nH]5)C=C4)C=C3)c1. The first-order valence-corrected chi connectivity index (χ1v) is 19.3. The Kier molecular flexibility index (Phi) is 9.65. The highest BCUT2D eigenvalue weighted by molar-refractivity contribution is 6.02. The summed E-state index contributed by atoms with van der Waals surface area (Å²) >= 11 is 0. The molecule has 0 aliphatic carbocycles. The zero-order valence-corrected chi connectivity index (χ0v) is 32.0. The van der Waals surface area contributed by atoms with Crippen molar-refractivity contribution >= 4 is 58.3 Å². The van der Waals surface area contributed by atoms with E-state index in [0.29, 0.717) is 16.8 Å². The summed E-state index contributed by atoms with van der Waals surface area (Å²) in [4.78, 5) is 44.8. The Bertz CT molecular complexity index is 2870. The molecule has 8 nitrogen and oxygen atoms in total. The molecule has 2 aliphatic rings. The molecule has 0 fully saturated rings. The quantitative estimate of drug-likeness (QED) is 0.149. The smallest absolute Gasteiger partial charge is 0.338 e. The number of nitrogens with one attached hydrogen (secondary N) is 2. The molecule has 0 saturated carbocycles. The lowest BCUT2D eigenvalue weighted by atomic mass is 9.98. The van der Waals surface area contributed by atoms with Gasteiger partial charge in [-0.15, -0.1) is 0 Å². The van der Waals surface area contributed by atoms with E-state index in [9.17, 15) is 9.59 Å². The number of aromatic nitrogens is 4. The van der Waals surface area contributed by atoms with Gasteiger partial charge in [0.1, 0.15) is 0 Å². The number of nitrogens with zero attached hydrogens (tertiary/aromatic N) is 2. The molecule has 0 atom stereocenters. The topological polar surface area (TPSA) is 110 Å². The number of hydrogen-bond acceptors (Lipinski definition) is 6. The van der Waals surface area contributed by atoms with Crippen LogP contribution >= 0.6 is 0 Å². The van der Waals surface area contributed by atoms with Crippen molar-refractivity contribution < 1.29 is 19.1 Å². The summed E-state index contributed by atoms with van der Waals surface area (Å²) in [6.45, 7) is 3.86. The largest absolute Gasteiger partial charge is 0.462 e. The summed E-state index contributed by atoms with van der Waals surface area (Å²) in [5.74, 6) is -1.09. The second kappa shape index (κ2) is 15.5.